The van der Waals surface area contributed by atoms with Gasteiger partial charge in [0.15, 0.2) is 0 Å². The molecule has 100 valence electrons. The zero-order valence-electron chi connectivity index (χ0n) is 10.4. The van der Waals surface area contributed by atoms with Crippen molar-refractivity contribution in [3.8, 4) is 0 Å². The first-order chi connectivity index (χ1) is 9.25. The summed E-state index contributed by atoms with van der Waals surface area (Å²) in [6.45, 7) is 1.46. The third-order valence-corrected chi connectivity index (χ3v) is 3.53. The number of hydrogen-bond acceptors (Lipinski definition) is 4. The molecule has 6 heteroatoms. The van der Waals surface area contributed by atoms with Crippen molar-refractivity contribution >= 4 is 17.0 Å². The predicted molar refractivity (Wildman–Crippen MR) is 68.0 cm³/mol. The highest BCUT2D eigenvalue weighted by Crippen LogP contribution is 2.31. The lowest BCUT2D eigenvalue weighted by molar-refractivity contribution is -0.136. The van der Waals surface area contributed by atoms with E-state index in [4.69, 9.17) is 9.84 Å². The van der Waals surface area contributed by atoms with Crippen LogP contribution in [-0.4, -0.2) is 39.2 Å². The molecule has 2 aromatic heterocycles. The number of nitrogens with zero attached hydrogens (tertiary/aromatic N) is 2. The normalized spacial score (nSPS) is 16.8. The number of aromatic amines is 1. The molecule has 0 atom stereocenters. The van der Waals surface area contributed by atoms with Crippen LogP contribution in [0.5, 0.6) is 0 Å². The van der Waals surface area contributed by atoms with E-state index in [2.05, 4.69) is 15.0 Å². The summed E-state index contributed by atoms with van der Waals surface area (Å²) in [5, 5.41) is 9.84. The lowest BCUT2D eigenvalue weighted by Crippen LogP contribution is -2.16. The van der Waals surface area contributed by atoms with Crippen LogP contribution in [0, 0.1) is 0 Å². The van der Waals surface area contributed by atoms with E-state index in [1.54, 1.807) is 6.20 Å². The summed E-state index contributed by atoms with van der Waals surface area (Å²) in [6, 6.07) is 0. The molecule has 2 aromatic rings. The van der Waals surface area contributed by atoms with Crippen molar-refractivity contribution in [3.63, 3.8) is 0 Å². The Balaban J connectivity index is 2.06. The Bertz CT molecular complexity index is 602. The van der Waals surface area contributed by atoms with E-state index in [9.17, 15) is 4.79 Å². The number of fused-ring (bicyclic) bond motifs is 1. The van der Waals surface area contributed by atoms with Gasteiger partial charge in [0.25, 0.3) is 0 Å². The maximum absolute atomic E-state index is 10.9. The minimum absolute atomic E-state index is 0.0103. The molecule has 3 heterocycles. The summed E-state index contributed by atoms with van der Waals surface area (Å²) in [6.07, 6.45) is 5.08. The van der Waals surface area contributed by atoms with E-state index in [0.717, 1.165) is 42.7 Å². The van der Waals surface area contributed by atoms with Crippen LogP contribution in [0.15, 0.2) is 12.5 Å². The van der Waals surface area contributed by atoms with Gasteiger partial charge in [0.05, 0.1) is 12.1 Å². The summed E-state index contributed by atoms with van der Waals surface area (Å²) in [4.78, 5) is 22.5. The molecule has 6 nitrogen and oxygen atoms in total. The Kier molecular flexibility index (Phi) is 3.16. The van der Waals surface area contributed by atoms with E-state index in [-0.39, 0.29) is 6.42 Å². The third-order valence-electron chi connectivity index (χ3n) is 3.53. The molecule has 1 saturated heterocycles. The Morgan fingerprint density at radius 1 is 1.42 bits per heavy atom. The molecule has 0 aromatic carbocycles. The van der Waals surface area contributed by atoms with Crippen LogP contribution in [0.2, 0.25) is 0 Å². The second kappa shape index (κ2) is 4.97. The van der Waals surface area contributed by atoms with Gasteiger partial charge in [0, 0.05) is 30.7 Å². The Labute approximate surface area is 109 Å². The number of carboxylic acid groups (broad SMARTS) is 1. The molecule has 1 aliphatic heterocycles. The largest absolute Gasteiger partial charge is 0.481 e. The Hall–Kier alpha value is -1.95. The zero-order valence-corrected chi connectivity index (χ0v) is 10.4. The van der Waals surface area contributed by atoms with E-state index in [0.29, 0.717) is 11.6 Å². The highest BCUT2D eigenvalue weighted by Gasteiger charge is 2.22. The number of rotatable bonds is 3. The number of nitrogens with one attached hydrogen (secondary N) is 1. The standard InChI is InChI=1S/C13H15N3O3/c17-10(18)5-9-6-14-13-11(9)12(15-7-16-13)8-1-3-19-4-2-8/h6-8H,1-5H2,(H,17,18)(H,14,15,16). The molecule has 3 rings (SSSR count). The van der Waals surface area contributed by atoms with Gasteiger partial charge in [-0.25, -0.2) is 9.97 Å². The second-order valence-electron chi connectivity index (χ2n) is 4.75. The number of H-pyrrole nitrogens is 1. The topological polar surface area (TPSA) is 88.1 Å². The molecule has 0 aliphatic carbocycles. The fraction of sp³-hybridized carbons (Fsp3) is 0.462. The molecule has 19 heavy (non-hydrogen) atoms. The molecule has 0 unspecified atom stereocenters. The highest BCUT2D eigenvalue weighted by molar-refractivity contribution is 5.86. The van der Waals surface area contributed by atoms with Crippen molar-refractivity contribution < 1.29 is 14.6 Å². The third kappa shape index (κ3) is 2.31. The molecule has 1 fully saturated rings. The molecule has 0 bridgehead atoms. The van der Waals surface area contributed by atoms with Crippen molar-refractivity contribution in [3.05, 3.63) is 23.8 Å². The Morgan fingerprint density at radius 2 is 2.21 bits per heavy atom. The Morgan fingerprint density at radius 3 is 2.95 bits per heavy atom. The smallest absolute Gasteiger partial charge is 0.307 e. The van der Waals surface area contributed by atoms with Gasteiger partial charge in [0.2, 0.25) is 0 Å². The van der Waals surface area contributed by atoms with Crippen LogP contribution in [-0.2, 0) is 16.0 Å². The average Bonchev–Trinajstić information content (AvgIpc) is 2.82. The van der Waals surface area contributed by atoms with E-state index in [1.165, 1.54) is 6.33 Å². The average molecular weight is 261 g/mol. The number of aliphatic carboxylic acids is 1. The lowest BCUT2D eigenvalue weighted by Gasteiger charge is -2.22. The first-order valence-corrected chi connectivity index (χ1v) is 6.36. The van der Waals surface area contributed by atoms with Crippen LogP contribution in [0.25, 0.3) is 11.0 Å². The van der Waals surface area contributed by atoms with Gasteiger partial charge in [0.1, 0.15) is 12.0 Å². The minimum atomic E-state index is -0.845. The molecule has 0 spiro atoms. The van der Waals surface area contributed by atoms with E-state index >= 15 is 0 Å². The van der Waals surface area contributed by atoms with Gasteiger partial charge in [-0.1, -0.05) is 0 Å². The molecule has 0 saturated carbocycles. The second-order valence-corrected chi connectivity index (χ2v) is 4.75. The summed E-state index contributed by atoms with van der Waals surface area (Å²) in [7, 11) is 0. The number of ether oxygens (including phenoxy) is 1. The first-order valence-electron chi connectivity index (χ1n) is 6.36. The van der Waals surface area contributed by atoms with Crippen LogP contribution in [0.4, 0.5) is 0 Å². The van der Waals surface area contributed by atoms with Crippen LogP contribution < -0.4 is 0 Å². The molecule has 1 aliphatic rings. The molecular weight excluding hydrogens is 246 g/mol. The quantitative estimate of drug-likeness (QED) is 0.873. The predicted octanol–water partition coefficient (Wildman–Crippen LogP) is 1.48. The summed E-state index contributed by atoms with van der Waals surface area (Å²) < 4.78 is 5.36. The number of carboxylic acids is 1. The lowest BCUT2D eigenvalue weighted by atomic mass is 9.93. The van der Waals surface area contributed by atoms with Gasteiger partial charge in [-0.3, -0.25) is 4.79 Å². The van der Waals surface area contributed by atoms with Gasteiger partial charge in [-0.15, -0.1) is 0 Å². The monoisotopic (exact) mass is 261 g/mol. The number of aromatic nitrogens is 3. The summed E-state index contributed by atoms with van der Waals surface area (Å²) in [5.74, 6) is -0.523. The molecule has 2 N–H and O–H groups in total. The van der Waals surface area contributed by atoms with Crippen molar-refractivity contribution in [1.29, 1.82) is 0 Å². The van der Waals surface area contributed by atoms with Crippen molar-refractivity contribution in [2.24, 2.45) is 0 Å². The molecule has 0 radical (unpaired) electrons. The zero-order chi connectivity index (χ0) is 13.2. The minimum Gasteiger partial charge on any atom is -0.481 e. The summed E-state index contributed by atoms with van der Waals surface area (Å²) in [5.41, 5.74) is 2.42. The van der Waals surface area contributed by atoms with E-state index < -0.39 is 5.97 Å². The van der Waals surface area contributed by atoms with Crippen LogP contribution in [0.3, 0.4) is 0 Å². The fourth-order valence-corrected chi connectivity index (χ4v) is 2.64. The van der Waals surface area contributed by atoms with E-state index in [1.807, 2.05) is 0 Å². The van der Waals surface area contributed by atoms with Gasteiger partial charge in [-0.2, -0.15) is 0 Å². The first kappa shape index (κ1) is 12.1. The SMILES string of the molecule is O=C(O)Cc1c[nH]c2ncnc(C3CCOCC3)c12. The van der Waals surface area contributed by atoms with Gasteiger partial charge in [-0.05, 0) is 18.4 Å². The maximum atomic E-state index is 10.9. The molecule has 0 amide bonds. The van der Waals surface area contributed by atoms with Gasteiger partial charge < -0.3 is 14.8 Å². The van der Waals surface area contributed by atoms with Gasteiger partial charge >= 0.3 is 5.97 Å². The van der Waals surface area contributed by atoms with Crippen molar-refractivity contribution in [2.75, 3.05) is 13.2 Å². The maximum Gasteiger partial charge on any atom is 0.307 e. The summed E-state index contributed by atoms with van der Waals surface area (Å²) >= 11 is 0. The van der Waals surface area contributed by atoms with Crippen LogP contribution >= 0.6 is 0 Å². The number of carbonyl (C=O) groups is 1. The molecular formula is C13H15N3O3. The fourth-order valence-electron chi connectivity index (χ4n) is 2.64. The number of hydrogen-bond donors (Lipinski definition) is 2. The van der Waals surface area contributed by atoms with Crippen LogP contribution in [0.1, 0.15) is 30.0 Å². The highest BCUT2D eigenvalue weighted by atomic mass is 16.5. The van der Waals surface area contributed by atoms with Crippen molar-refractivity contribution in [2.45, 2.75) is 25.2 Å². The van der Waals surface area contributed by atoms with Crippen molar-refractivity contribution in [1.82, 2.24) is 15.0 Å².